The van der Waals surface area contributed by atoms with Gasteiger partial charge in [-0.3, -0.25) is 9.89 Å². The van der Waals surface area contributed by atoms with Crippen LogP contribution in [0.5, 0.6) is 5.75 Å². The van der Waals surface area contributed by atoms with E-state index in [9.17, 15) is 4.79 Å². The Hall–Kier alpha value is -4.12. The molecule has 1 fully saturated rings. The first-order chi connectivity index (χ1) is 19.7. The molecule has 5 rings (SSSR count). The number of piperidine rings is 1. The molecule has 1 N–H and O–H groups in total. The molecule has 3 aromatic carbocycles. The fourth-order valence-corrected chi connectivity index (χ4v) is 5.45. The maximum absolute atomic E-state index is 12.2. The van der Waals surface area contributed by atoms with Crippen molar-refractivity contribution in [3.63, 3.8) is 0 Å². The van der Waals surface area contributed by atoms with Gasteiger partial charge in [0.2, 0.25) is 5.91 Å². The van der Waals surface area contributed by atoms with Crippen LogP contribution in [0.4, 0.5) is 0 Å². The van der Waals surface area contributed by atoms with Gasteiger partial charge >= 0.3 is 0 Å². The number of rotatable bonds is 11. The monoisotopic (exact) mass is 533 g/mol. The van der Waals surface area contributed by atoms with Crippen molar-refractivity contribution in [2.45, 2.75) is 51.9 Å². The Morgan fingerprint density at radius 2 is 1.70 bits per heavy atom. The van der Waals surface area contributed by atoms with E-state index in [1.165, 1.54) is 34.3 Å². The van der Waals surface area contributed by atoms with E-state index in [4.69, 9.17) is 4.74 Å². The molecule has 0 aliphatic carbocycles. The zero-order chi connectivity index (χ0) is 27.6. The van der Waals surface area contributed by atoms with Gasteiger partial charge in [-0.25, -0.2) is 0 Å². The second-order valence-electron chi connectivity index (χ2n) is 10.4. The zero-order valence-electron chi connectivity index (χ0n) is 23.4. The summed E-state index contributed by atoms with van der Waals surface area (Å²) in [7, 11) is 0. The molecule has 206 valence electrons. The predicted molar refractivity (Wildman–Crippen MR) is 164 cm³/mol. The predicted octanol–water partition coefficient (Wildman–Crippen LogP) is 8.05. The van der Waals surface area contributed by atoms with E-state index in [0.29, 0.717) is 6.61 Å². The molecular weight excluding hydrogens is 494 g/mol. The number of nitrogens with one attached hydrogen (secondary N) is 1. The summed E-state index contributed by atoms with van der Waals surface area (Å²) in [4.78, 5) is 14.2. The Labute approximate surface area is 237 Å². The first-order valence-electron chi connectivity index (χ1n) is 14.6. The molecule has 0 bridgehead atoms. The number of carbonyl (C=O) groups is 1. The van der Waals surface area contributed by atoms with E-state index in [2.05, 4.69) is 89.9 Å². The average molecular weight is 534 g/mol. The van der Waals surface area contributed by atoms with Gasteiger partial charge in [-0.15, -0.1) is 0 Å². The zero-order valence-corrected chi connectivity index (χ0v) is 23.4. The number of amides is 1. The first kappa shape index (κ1) is 27.4. The molecule has 0 spiro atoms. The highest BCUT2D eigenvalue weighted by Gasteiger charge is 2.15. The molecule has 1 aliphatic rings. The summed E-state index contributed by atoms with van der Waals surface area (Å²) in [5.41, 5.74) is 7.15. The number of hydrogen-bond acceptors (Lipinski definition) is 3. The topological polar surface area (TPSA) is 58.2 Å². The third-order valence-electron chi connectivity index (χ3n) is 7.61. The number of ether oxygens (including phenoxy) is 1. The Kier molecular flexibility index (Phi) is 9.46. The smallest absolute Gasteiger partial charge is 0.246 e. The summed E-state index contributed by atoms with van der Waals surface area (Å²) in [6.45, 7) is 4.68. The molecule has 5 nitrogen and oxygen atoms in total. The van der Waals surface area contributed by atoms with Gasteiger partial charge in [0.05, 0.1) is 18.3 Å². The van der Waals surface area contributed by atoms with Crippen molar-refractivity contribution < 1.29 is 9.53 Å². The van der Waals surface area contributed by atoms with Crippen molar-refractivity contribution in [1.82, 2.24) is 15.1 Å². The van der Waals surface area contributed by atoms with E-state index in [1.54, 1.807) is 6.08 Å². The molecule has 2 heterocycles. The number of unbranched alkanes of at least 4 members (excludes halogenated alkanes) is 2. The summed E-state index contributed by atoms with van der Waals surface area (Å²) < 4.78 is 6.06. The molecule has 40 heavy (non-hydrogen) atoms. The second-order valence-corrected chi connectivity index (χ2v) is 10.4. The van der Waals surface area contributed by atoms with Crippen LogP contribution in [-0.4, -0.2) is 40.7 Å². The van der Waals surface area contributed by atoms with E-state index in [0.717, 1.165) is 68.3 Å². The van der Waals surface area contributed by atoms with Crippen molar-refractivity contribution in [1.29, 1.82) is 0 Å². The van der Waals surface area contributed by atoms with Gasteiger partial charge in [0.15, 0.2) is 0 Å². The highest BCUT2D eigenvalue weighted by atomic mass is 16.5. The number of carbonyl (C=O) groups excluding carboxylic acids is 1. The van der Waals surface area contributed by atoms with Crippen LogP contribution in [0.25, 0.3) is 22.0 Å². The van der Waals surface area contributed by atoms with Crippen molar-refractivity contribution in [3.05, 3.63) is 108 Å². The molecule has 1 aliphatic heterocycles. The number of nitrogens with zero attached hydrogens (tertiary/aromatic N) is 2. The maximum atomic E-state index is 12.2. The van der Waals surface area contributed by atoms with Gasteiger partial charge in [0.1, 0.15) is 5.75 Å². The number of allylic oxidation sites excluding steroid dienone is 2. The first-order valence-corrected chi connectivity index (χ1v) is 14.6. The van der Waals surface area contributed by atoms with Crippen LogP contribution >= 0.6 is 0 Å². The van der Waals surface area contributed by atoms with Gasteiger partial charge in [0.25, 0.3) is 0 Å². The molecule has 1 amide bonds. The largest absolute Gasteiger partial charge is 0.494 e. The Morgan fingerprint density at radius 1 is 0.925 bits per heavy atom. The van der Waals surface area contributed by atoms with Gasteiger partial charge < -0.3 is 9.64 Å². The van der Waals surface area contributed by atoms with Crippen LogP contribution in [0.2, 0.25) is 0 Å². The fraction of sp³-hybridized carbons (Fsp3) is 0.314. The average Bonchev–Trinajstić information content (AvgIpc) is 3.49. The molecule has 0 radical (unpaired) electrons. The van der Waals surface area contributed by atoms with Crippen molar-refractivity contribution in [2.75, 3.05) is 19.7 Å². The van der Waals surface area contributed by atoms with Crippen LogP contribution in [0.1, 0.15) is 68.6 Å². The lowest BCUT2D eigenvalue weighted by Crippen LogP contribution is -2.34. The normalized spacial score (nSPS) is 14.5. The number of aromatic nitrogens is 2. The molecular formula is C35H39N3O2. The van der Waals surface area contributed by atoms with Crippen LogP contribution < -0.4 is 4.74 Å². The second kappa shape index (κ2) is 13.8. The summed E-state index contributed by atoms with van der Waals surface area (Å²) in [5, 5.41) is 8.37. The molecule has 0 atom stereocenters. The SMILES string of the molecule is CCC(=C(c1ccc(OCCCC/C=C/C(=O)N2CCCCC2)cc1)c1ccc2[nH]ncc2c1)c1ccccc1. The van der Waals surface area contributed by atoms with Crippen molar-refractivity contribution in [3.8, 4) is 5.75 Å². The lowest BCUT2D eigenvalue weighted by Gasteiger charge is -2.25. The van der Waals surface area contributed by atoms with E-state index in [-0.39, 0.29) is 5.91 Å². The van der Waals surface area contributed by atoms with Crippen molar-refractivity contribution in [2.24, 2.45) is 0 Å². The lowest BCUT2D eigenvalue weighted by molar-refractivity contribution is -0.126. The van der Waals surface area contributed by atoms with Crippen LogP contribution in [0, 0.1) is 0 Å². The van der Waals surface area contributed by atoms with Gasteiger partial charge in [-0.1, -0.05) is 61.5 Å². The molecule has 0 unspecified atom stereocenters. The standard InChI is InChI=1S/C35H39N3O2/c1-2-32(27-13-7-5-8-14-27)35(29-18-21-33-30(25-29)26-36-37-33)28-16-19-31(20-17-28)40-24-12-4-3-9-15-34(39)38-22-10-6-11-23-38/h5,7-9,13-21,25-26H,2-4,6,10-12,22-24H2,1H3,(H,36,37)/b15-9+,35-32?. The molecule has 1 saturated heterocycles. The minimum absolute atomic E-state index is 0.160. The quantitative estimate of drug-likeness (QED) is 0.121. The highest BCUT2D eigenvalue weighted by molar-refractivity contribution is 6.00. The summed E-state index contributed by atoms with van der Waals surface area (Å²) in [6.07, 6.45) is 12.9. The lowest BCUT2D eigenvalue weighted by atomic mass is 9.88. The number of hydrogen-bond donors (Lipinski definition) is 1. The fourth-order valence-electron chi connectivity index (χ4n) is 5.45. The summed E-state index contributed by atoms with van der Waals surface area (Å²) in [5.74, 6) is 1.04. The molecule has 1 aromatic heterocycles. The summed E-state index contributed by atoms with van der Waals surface area (Å²) >= 11 is 0. The minimum Gasteiger partial charge on any atom is -0.494 e. The molecule has 4 aromatic rings. The summed E-state index contributed by atoms with van der Waals surface area (Å²) in [6, 6.07) is 25.6. The number of aromatic amines is 1. The van der Waals surface area contributed by atoms with Gasteiger partial charge in [-0.2, -0.15) is 5.10 Å². The van der Waals surface area contributed by atoms with E-state index < -0.39 is 0 Å². The third kappa shape index (κ3) is 6.90. The van der Waals surface area contributed by atoms with E-state index in [1.807, 2.05) is 17.2 Å². The van der Waals surface area contributed by atoms with Crippen LogP contribution in [0.3, 0.4) is 0 Å². The number of H-pyrrole nitrogens is 1. The molecule has 5 heteroatoms. The number of likely N-dealkylation sites (tertiary alicyclic amines) is 1. The highest BCUT2D eigenvalue weighted by Crippen LogP contribution is 2.36. The number of fused-ring (bicyclic) bond motifs is 1. The Bertz CT molecular complexity index is 1450. The van der Waals surface area contributed by atoms with E-state index >= 15 is 0 Å². The molecule has 0 saturated carbocycles. The Balaban J connectivity index is 1.23. The number of benzene rings is 3. The minimum atomic E-state index is 0.160. The van der Waals surface area contributed by atoms with Crippen LogP contribution in [-0.2, 0) is 4.79 Å². The Morgan fingerprint density at radius 3 is 2.48 bits per heavy atom. The van der Waals surface area contributed by atoms with Gasteiger partial charge in [0, 0.05) is 18.5 Å². The maximum Gasteiger partial charge on any atom is 0.246 e. The van der Waals surface area contributed by atoms with Gasteiger partial charge in [-0.05, 0) is 103 Å². The van der Waals surface area contributed by atoms with Crippen molar-refractivity contribution >= 4 is 28.0 Å². The van der Waals surface area contributed by atoms with Crippen LogP contribution in [0.15, 0.2) is 91.1 Å². The third-order valence-corrected chi connectivity index (χ3v) is 7.61.